The Morgan fingerprint density at radius 3 is 2.75 bits per heavy atom. The molecule has 1 aromatic rings. The summed E-state index contributed by atoms with van der Waals surface area (Å²) in [6.07, 6.45) is 5.36. The third kappa shape index (κ3) is 4.77. The summed E-state index contributed by atoms with van der Waals surface area (Å²) in [4.78, 5) is 2.50. The van der Waals surface area contributed by atoms with Gasteiger partial charge < -0.3 is 20.1 Å². The normalized spacial score (nSPS) is 17.6. The van der Waals surface area contributed by atoms with E-state index in [0.717, 1.165) is 45.5 Å². The van der Waals surface area contributed by atoms with Crippen LogP contribution in [0.1, 0.15) is 25.3 Å². The Balaban J connectivity index is 1.57. The third-order valence-corrected chi connectivity index (χ3v) is 3.76. The highest BCUT2D eigenvalue weighted by molar-refractivity contribution is 5.24. The maximum atomic E-state index is 5.66. The van der Waals surface area contributed by atoms with E-state index in [9.17, 15) is 0 Å². The number of anilines is 1. The number of piperidine rings is 1. The lowest BCUT2D eigenvalue weighted by Gasteiger charge is -2.31. The fraction of sp³-hybridized carbons (Fsp3) is 0.786. The van der Waals surface area contributed by atoms with Crippen molar-refractivity contribution in [2.75, 3.05) is 52.3 Å². The number of aromatic nitrogens is 2. The van der Waals surface area contributed by atoms with Gasteiger partial charge in [0.2, 0.25) is 0 Å². The number of ether oxygens (including phenoxy) is 2. The molecule has 0 aliphatic carbocycles. The zero-order valence-corrected chi connectivity index (χ0v) is 12.3. The first kappa shape index (κ1) is 15.3. The van der Waals surface area contributed by atoms with E-state index in [-0.39, 0.29) is 0 Å². The van der Waals surface area contributed by atoms with Crippen LogP contribution in [0.25, 0.3) is 0 Å². The molecule has 0 bridgehead atoms. The molecule has 1 aliphatic rings. The fourth-order valence-electron chi connectivity index (χ4n) is 2.60. The molecule has 6 heteroatoms. The second kappa shape index (κ2) is 8.24. The second-order valence-corrected chi connectivity index (χ2v) is 5.25. The van der Waals surface area contributed by atoms with Crippen molar-refractivity contribution in [2.24, 2.45) is 0 Å². The molecule has 1 aromatic heterocycles. The van der Waals surface area contributed by atoms with E-state index in [1.54, 1.807) is 7.11 Å². The number of likely N-dealkylation sites (tertiary alicyclic amines) is 1. The summed E-state index contributed by atoms with van der Waals surface area (Å²) >= 11 is 0. The summed E-state index contributed by atoms with van der Waals surface area (Å²) in [6, 6.07) is 2.37. The van der Waals surface area contributed by atoms with Crippen LogP contribution in [-0.4, -0.2) is 61.2 Å². The average molecular weight is 282 g/mol. The van der Waals surface area contributed by atoms with E-state index in [0.29, 0.717) is 25.1 Å². The highest BCUT2D eigenvalue weighted by atomic mass is 16.5. The van der Waals surface area contributed by atoms with Crippen molar-refractivity contribution in [1.82, 2.24) is 14.7 Å². The Hall–Kier alpha value is -1.11. The summed E-state index contributed by atoms with van der Waals surface area (Å²) in [5.74, 6) is 0.612. The number of hydrogen-bond acceptors (Lipinski definition) is 5. The van der Waals surface area contributed by atoms with Gasteiger partial charge in [0.15, 0.2) is 0 Å². The Kier molecular flexibility index (Phi) is 6.29. The lowest BCUT2D eigenvalue weighted by Crippen LogP contribution is -2.35. The molecule has 1 saturated heterocycles. The number of nitrogens with two attached hydrogens (primary N) is 1. The summed E-state index contributed by atoms with van der Waals surface area (Å²) in [6.45, 7) is 5.56. The molecular formula is C14H26N4O2. The van der Waals surface area contributed by atoms with Gasteiger partial charge in [0.1, 0.15) is 5.82 Å². The van der Waals surface area contributed by atoms with E-state index in [1.807, 2.05) is 16.9 Å². The summed E-state index contributed by atoms with van der Waals surface area (Å²) in [5, 5.41) is 4.31. The lowest BCUT2D eigenvalue weighted by atomic mass is 10.1. The van der Waals surface area contributed by atoms with Gasteiger partial charge >= 0.3 is 0 Å². The Morgan fingerprint density at radius 1 is 1.30 bits per heavy atom. The van der Waals surface area contributed by atoms with Gasteiger partial charge in [-0.2, -0.15) is 5.10 Å². The first-order valence-electron chi connectivity index (χ1n) is 7.39. The van der Waals surface area contributed by atoms with E-state index >= 15 is 0 Å². The molecule has 0 saturated carbocycles. The van der Waals surface area contributed by atoms with Gasteiger partial charge in [-0.05, 0) is 25.3 Å². The largest absolute Gasteiger partial charge is 0.382 e. The predicted molar refractivity (Wildman–Crippen MR) is 78.7 cm³/mol. The van der Waals surface area contributed by atoms with Gasteiger partial charge in [-0.3, -0.25) is 4.68 Å². The van der Waals surface area contributed by atoms with Gasteiger partial charge in [-0.25, -0.2) is 0 Å². The molecule has 2 rings (SSSR count). The molecular weight excluding hydrogens is 256 g/mol. The van der Waals surface area contributed by atoms with Crippen molar-refractivity contribution in [3.05, 3.63) is 12.3 Å². The molecule has 2 heterocycles. The molecule has 1 aliphatic heterocycles. The average Bonchev–Trinajstić information content (AvgIpc) is 2.90. The van der Waals surface area contributed by atoms with Crippen molar-refractivity contribution in [2.45, 2.75) is 25.3 Å². The molecule has 0 atom stereocenters. The van der Waals surface area contributed by atoms with Crippen molar-refractivity contribution in [3.8, 4) is 0 Å². The Bertz CT molecular complexity index is 375. The van der Waals surface area contributed by atoms with Gasteiger partial charge in [0, 0.05) is 39.5 Å². The third-order valence-electron chi connectivity index (χ3n) is 3.76. The van der Waals surface area contributed by atoms with E-state index < -0.39 is 0 Å². The molecule has 0 spiro atoms. The van der Waals surface area contributed by atoms with Crippen LogP contribution in [0.2, 0.25) is 0 Å². The standard InChI is InChI=1S/C14H26N4O2/c1-19-11-12-20-10-2-6-17-7-3-13(4-8-17)18-9-5-14(15)16-18/h5,9,13H,2-4,6-8,10-12H2,1H3,(H2,15,16). The predicted octanol–water partition coefficient (Wildman–Crippen LogP) is 1.16. The monoisotopic (exact) mass is 282 g/mol. The number of methoxy groups -OCH3 is 1. The van der Waals surface area contributed by atoms with Gasteiger partial charge in [0.25, 0.3) is 0 Å². The topological polar surface area (TPSA) is 65.5 Å². The molecule has 0 amide bonds. The van der Waals surface area contributed by atoms with Crippen LogP contribution in [0.5, 0.6) is 0 Å². The molecule has 2 N–H and O–H groups in total. The first-order chi connectivity index (χ1) is 9.79. The minimum Gasteiger partial charge on any atom is -0.382 e. The summed E-state index contributed by atoms with van der Waals surface area (Å²) < 4.78 is 12.4. The summed E-state index contributed by atoms with van der Waals surface area (Å²) in [5.41, 5.74) is 5.66. The Morgan fingerprint density at radius 2 is 2.10 bits per heavy atom. The highest BCUT2D eigenvalue weighted by Gasteiger charge is 2.20. The van der Waals surface area contributed by atoms with E-state index in [1.165, 1.54) is 0 Å². The van der Waals surface area contributed by atoms with Crippen LogP contribution in [0.3, 0.4) is 0 Å². The molecule has 0 radical (unpaired) electrons. The quantitative estimate of drug-likeness (QED) is 0.725. The van der Waals surface area contributed by atoms with Gasteiger partial charge in [-0.1, -0.05) is 0 Å². The van der Waals surface area contributed by atoms with Crippen LogP contribution >= 0.6 is 0 Å². The van der Waals surface area contributed by atoms with Crippen LogP contribution < -0.4 is 5.73 Å². The number of nitrogens with zero attached hydrogens (tertiary/aromatic N) is 3. The molecule has 20 heavy (non-hydrogen) atoms. The highest BCUT2D eigenvalue weighted by Crippen LogP contribution is 2.22. The van der Waals surface area contributed by atoms with Crippen molar-refractivity contribution < 1.29 is 9.47 Å². The lowest BCUT2D eigenvalue weighted by molar-refractivity contribution is 0.0630. The number of nitrogen functional groups attached to an aromatic ring is 1. The molecule has 114 valence electrons. The smallest absolute Gasteiger partial charge is 0.145 e. The van der Waals surface area contributed by atoms with Crippen LogP contribution in [0.15, 0.2) is 12.3 Å². The maximum Gasteiger partial charge on any atom is 0.145 e. The fourth-order valence-corrected chi connectivity index (χ4v) is 2.60. The van der Waals surface area contributed by atoms with Gasteiger partial charge in [-0.15, -0.1) is 0 Å². The van der Waals surface area contributed by atoms with Crippen LogP contribution in [-0.2, 0) is 9.47 Å². The van der Waals surface area contributed by atoms with Gasteiger partial charge in [0.05, 0.1) is 19.3 Å². The van der Waals surface area contributed by atoms with E-state index in [4.69, 9.17) is 15.2 Å². The molecule has 0 unspecified atom stereocenters. The minimum absolute atomic E-state index is 0.501. The van der Waals surface area contributed by atoms with Crippen LogP contribution in [0, 0.1) is 0 Å². The first-order valence-corrected chi connectivity index (χ1v) is 7.39. The molecule has 6 nitrogen and oxygen atoms in total. The Labute approximate surface area is 120 Å². The number of rotatable bonds is 8. The minimum atomic E-state index is 0.501. The second-order valence-electron chi connectivity index (χ2n) is 5.25. The molecule has 1 fully saturated rings. The van der Waals surface area contributed by atoms with Crippen molar-refractivity contribution in [3.63, 3.8) is 0 Å². The molecule has 0 aromatic carbocycles. The maximum absolute atomic E-state index is 5.66. The summed E-state index contributed by atoms with van der Waals surface area (Å²) in [7, 11) is 1.70. The SMILES string of the molecule is COCCOCCCN1CCC(n2ccc(N)n2)CC1. The zero-order chi connectivity index (χ0) is 14.2. The van der Waals surface area contributed by atoms with E-state index in [2.05, 4.69) is 10.00 Å². The zero-order valence-electron chi connectivity index (χ0n) is 12.3. The van der Waals surface area contributed by atoms with Crippen molar-refractivity contribution >= 4 is 5.82 Å². The van der Waals surface area contributed by atoms with Crippen molar-refractivity contribution in [1.29, 1.82) is 0 Å². The van der Waals surface area contributed by atoms with Crippen LogP contribution in [0.4, 0.5) is 5.82 Å². The number of hydrogen-bond donors (Lipinski definition) is 1.